The van der Waals surface area contributed by atoms with Crippen LogP contribution in [0, 0.1) is 5.92 Å². The highest BCUT2D eigenvalue weighted by Gasteiger charge is 2.40. The van der Waals surface area contributed by atoms with Crippen LogP contribution in [0.3, 0.4) is 0 Å². The Morgan fingerprint density at radius 3 is 1.77 bits per heavy atom. The lowest BCUT2D eigenvalue weighted by molar-refractivity contribution is -0.150. The summed E-state index contributed by atoms with van der Waals surface area (Å²) in [6.07, 6.45) is 0.625. The Hall–Kier alpha value is -5.84. The average molecular weight is 861 g/mol. The van der Waals surface area contributed by atoms with Crippen LogP contribution in [0.1, 0.15) is 70.9 Å². The summed E-state index contributed by atoms with van der Waals surface area (Å²) in [5.41, 5.74) is 1.39. The van der Waals surface area contributed by atoms with Crippen molar-refractivity contribution in [1.82, 2.24) is 40.9 Å². The summed E-state index contributed by atoms with van der Waals surface area (Å²) in [6, 6.07) is 10.2. The lowest BCUT2D eigenvalue weighted by Crippen LogP contribution is -2.62. The molecule has 338 valence electrons. The number of likely N-dealkylation sites (N-methyl/N-ethyl adjacent to an activating group) is 3. The summed E-state index contributed by atoms with van der Waals surface area (Å²) in [7, 11) is 4.14. The summed E-state index contributed by atoms with van der Waals surface area (Å²) in [5.74, 6) is -5.63. The van der Waals surface area contributed by atoms with Crippen molar-refractivity contribution in [2.24, 2.45) is 5.92 Å². The first-order valence-electron chi connectivity index (χ1n) is 21.4. The van der Waals surface area contributed by atoms with Crippen molar-refractivity contribution < 1.29 is 43.5 Å². The second kappa shape index (κ2) is 22.8. The minimum Gasteiger partial charge on any atom is -0.391 e. The molecule has 2 aromatic rings. The zero-order valence-electron chi connectivity index (χ0n) is 37.0. The number of hydrogen-bond acceptors (Lipinski definition) is 9. The molecule has 2 aromatic carbocycles. The van der Waals surface area contributed by atoms with E-state index in [0.717, 1.165) is 29.1 Å². The Morgan fingerprint density at radius 2 is 1.23 bits per heavy atom. The van der Waals surface area contributed by atoms with Crippen LogP contribution in [0.4, 0.5) is 0 Å². The third-order valence-corrected chi connectivity index (χ3v) is 11.3. The number of rotatable bonds is 8. The predicted molar refractivity (Wildman–Crippen MR) is 231 cm³/mol. The van der Waals surface area contributed by atoms with Gasteiger partial charge in [-0.1, -0.05) is 74.5 Å². The highest BCUT2D eigenvalue weighted by Crippen LogP contribution is 2.19. The van der Waals surface area contributed by atoms with Gasteiger partial charge in [0.2, 0.25) is 47.3 Å². The number of aliphatic hydroxyl groups is 1. The van der Waals surface area contributed by atoms with Gasteiger partial charge in [0.1, 0.15) is 36.3 Å². The molecule has 7 atom stereocenters. The topological polar surface area (TPSA) is 218 Å². The molecule has 17 heteroatoms. The van der Waals surface area contributed by atoms with Gasteiger partial charge < -0.3 is 46.0 Å². The van der Waals surface area contributed by atoms with Gasteiger partial charge in [-0.2, -0.15) is 0 Å². The molecule has 0 saturated carbocycles. The van der Waals surface area contributed by atoms with Crippen LogP contribution in [-0.4, -0.2) is 155 Å². The summed E-state index contributed by atoms with van der Waals surface area (Å²) >= 11 is 0. The fourth-order valence-corrected chi connectivity index (χ4v) is 7.79. The Bertz CT molecular complexity index is 1890. The monoisotopic (exact) mass is 860 g/mol. The number of nitrogens with one attached hydrogen (secondary N) is 4. The van der Waals surface area contributed by atoms with Gasteiger partial charge in [0.05, 0.1) is 19.1 Å². The first-order valence-corrected chi connectivity index (χ1v) is 21.4. The molecular formula is C45H64N8O9. The molecule has 2 heterocycles. The van der Waals surface area contributed by atoms with Gasteiger partial charge in [0.15, 0.2) is 0 Å². The minimum atomic E-state index is -1.55. The maximum Gasteiger partial charge on any atom is 0.248 e. The van der Waals surface area contributed by atoms with Crippen molar-refractivity contribution in [3.05, 3.63) is 71.8 Å². The lowest BCUT2D eigenvalue weighted by atomic mass is 9.98. The second-order valence-corrected chi connectivity index (χ2v) is 16.9. The van der Waals surface area contributed by atoms with E-state index < -0.39 is 103 Å². The summed E-state index contributed by atoms with van der Waals surface area (Å²) in [6.45, 7) is 6.75. The number of nitrogens with zero attached hydrogens (tertiary/aromatic N) is 4. The molecule has 62 heavy (non-hydrogen) atoms. The first-order chi connectivity index (χ1) is 29.4. The number of carbonyl (C=O) groups excluding carboxylic acids is 8. The Labute approximate surface area is 364 Å². The van der Waals surface area contributed by atoms with Crippen molar-refractivity contribution >= 4 is 47.3 Å². The molecule has 0 aliphatic carbocycles. The van der Waals surface area contributed by atoms with E-state index in [1.165, 1.54) is 39.9 Å². The quantitative estimate of drug-likeness (QED) is 0.248. The van der Waals surface area contributed by atoms with Crippen LogP contribution in [0.15, 0.2) is 60.7 Å². The van der Waals surface area contributed by atoms with Gasteiger partial charge in [-0.3, -0.25) is 38.4 Å². The highest BCUT2D eigenvalue weighted by molar-refractivity contribution is 5.98. The molecule has 17 nitrogen and oxygen atoms in total. The average Bonchev–Trinajstić information content (AvgIpc) is 3.24. The van der Waals surface area contributed by atoms with Crippen molar-refractivity contribution in [2.45, 2.75) is 115 Å². The number of likely N-dealkylation sites (tertiary alicyclic amines) is 1. The van der Waals surface area contributed by atoms with Crippen LogP contribution < -0.4 is 21.3 Å². The minimum absolute atomic E-state index is 0.00192. The maximum absolute atomic E-state index is 14.9. The van der Waals surface area contributed by atoms with E-state index in [2.05, 4.69) is 21.3 Å². The van der Waals surface area contributed by atoms with Crippen molar-refractivity contribution in [2.75, 3.05) is 40.8 Å². The van der Waals surface area contributed by atoms with Gasteiger partial charge in [-0.05, 0) is 56.6 Å². The third kappa shape index (κ3) is 13.6. The Balaban J connectivity index is 1.82. The van der Waals surface area contributed by atoms with Crippen molar-refractivity contribution in [3.63, 3.8) is 0 Å². The summed E-state index contributed by atoms with van der Waals surface area (Å²) < 4.78 is 0. The third-order valence-electron chi connectivity index (χ3n) is 11.3. The molecule has 8 amide bonds. The van der Waals surface area contributed by atoms with E-state index in [4.69, 9.17) is 0 Å². The molecule has 0 spiro atoms. The molecule has 0 radical (unpaired) electrons. The number of aliphatic hydroxyl groups excluding tert-OH is 1. The van der Waals surface area contributed by atoms with Crippen molar-refractivity contribution in [1.29, 1.82) is 0 Å². The number of benzene rings is 2. The van der Waals surface area contributed by atoms with E-state index in [0.29, 0.717) is 24.2 Å². The Kier molecular flexibility index (Phi) is 18.0. The largest absolute Gasteiger partial charge is 0.391 e. The highest BCUT2D eigenvalue weighted by atomic mass is 16.3. The number of hydrogen-bond donors (Lipinski definition) is 5. The SMILES string of the molecule is CC(C)C[C@@H]1NC(=O)[C@H](Cc2ccccc2)N(C)C(=O)[C@H](Cc2ccccc2)N(C)C(=O)[C@H]([C@@H](C)O)NC(=O)CN(C)C(=O)[C@H](C)NC(=O)C[C@@H](C(=O)N2CCCCC2)NC1=O. The maximum atomic E-state index is 14.9. The van der Waals surface area contributed by atoms with E-state index in [9.17, 15) is 43.5 Å². The molecular weight excluding hydrogens is 797 g/mol. The van der Waals surface area contributed by atoms with E-state index in [1.807, 2.05) is 19.9 Å². The number of amides is 8. The molecule has 2 aliphatic rings. The van der Waals surface area contributed by atoms with Crippen LogP contribution in [0.25, 0.3) is 0 Å². The number of carbonyl (C=O) groups is 8. The van der Waals surface area contributed by atoms with E-state index >= 15 is 0 Å². The molecule has 0 unspecified atom stereocenters. The predicted octanol–water partition coefficient (Wildman–Crippen LogP) is 0.386. The molecule has 2 aliphatic heterocycles. The van der Waals surface area contributed by atoms with Gasteiger partial charge in [-0.25, -0.2) is 0 Å². The molecule has 5 N–H and O–H groups in total. The molecule has 2 saturated heterocycles. The van der Waals surface area contributed by atoms with Gasteiger partial charge in [-0.15, -0.1) is 0 Å². The van der Waals surface area contributed by atoms with E-state index in [-0.39, 0.29) is 25.2 Å². The van der Waals surface area contributed by atoms with Gasteiger partial charge in [0, 0.05) is 47.1 Å². The smallest absolute Gasteiger partial charge is 0.248 e. The molecule has 4 rings (SSSR count). The fourth-order valence-electron chi connectivity index (χ4n) is 7.79. The van der Waals surface area contributed by atoms with E-state index in [1.54, 1.807) is 59.5 Å². The number of piperidine rings is 1. The summed E-state index contributed by atoms with van der Waals surface area (Å²) in [5, 5.41) is 21.5. The normalized spacial score (nSPS) is 25.3. The fraction of sp³-hybridized carbons (Fsp3) is 0.556. The standard InChI is InChI=1S/C45H64N8O9/c1-28(2)23-33-40(57)48-34(43(60)53-21-15-10-16-22-53)26-37(55)46-29(3)42(59)50(5)27-38(56)49-39(30(4)54)45(62)52(7)36(25-32-19-13-9-14-20-32)44(61)51(6)35(41(58)47-33)24-31-17-11-8-12-18-31/h8-9,11-14,17-20,28-30,33-36,39,54H,10,15-16,21-27H2,1-7H3,(H,46,55)(H,47,58)(H,48,57)(H,49,56)/t29-,30+,33-,34-,35-,36-,39-/m0/s1. The van der Waals surface area contributed by atoms with Crippen LogP contribution in [-0.2, 0) is 51.2 Å². The van der Waals surface area contributed by atoms with Crippen molar-refractivity contribution in [3.8, 4) is 0 Å². The van der Waals surface area contributed by atoms with Crippen LogP contribution >= 0.6 is 0 Å². The van der Waals surface area contributed by atoms with Gasteiger partial charge in [0.25, 0.3) is 0 Å². The van der Waals surface area contributed by atoms with Gasteiger partial charge >= 0.3 is 0 Å². The molecule has 0 bridgehead atoms. The zero-order chi connectivity index (χ0) is 45.7. The van der Waals surface area contributed by atoms with Crippen LogP contribution in [0.2, 0.25) is 0 Å². The zero-order valence-corrected chi connectivity index (χ0v) is 37.0. The van der Waals surface area contributed by atoms with Crippen LogP contribution in [0.5, 0.6) is 0 Å². The molecule has 2 fully saturated rings. The Morgan fingerprint density at radius 1 is 0.677 bits per heavy atom. The second-order valence-electron chi connectivity index (χ2n) is 16.9. The molecule has 0 aromatic heterocycles. The lowest BCUT2D eigenvalue weighted by Gasteiger charge is -2.37. The summed E-state index contributed by atoms with van der Waals surface area (Å²) in [4.78, 5) is 117. The first kappa shape index (κ1) is 48.8.